The maximum Gasteiger partial charge on any atom is 0.243 e. The molecule has 0 aliphatic carbocycles. The first-order valence-electron chi connectivity index (χ1n) is 9.19. The molecule has 2 aromatic heterocycles. The van der Waals surface area contributed by atoms with Crippen LogP contribution in [0.4, 0.5) is 15.3 Å². The van der Waals surface area contributed by atoms with E-state index in [0.717, 1.165) is 27.8 Å². The highest BCUT2D eigenvalue weighted by Crippen LogP contribution is 2.30. The molecule has 1 aliphatic heterocycles. The highest BCUT2D eigenvalue weighted by Gasteiger charge is 2.30. The van der Waals surface area contributed by atoms with Gasteiger partial charge in [0.15, 0.2) is 10.9 Å². The Hall–Kier alpha value is -2.43. The fourth-order valence-corrected chi connectivity index (χ4v) is 5.45. The summed E-state index contributed by atoms with van der Waals surface area (Å²) in [6.45, 7) is 2.75. The molecule has 0 radical (unpaired) electrons. The summed E-state index contributed by atoms with van der Waals surface area (Å²) < 4.78 is 40.1. The average molecular weight is 434 g/mol. The predicted molar refractivity (Wildman–Crippen MR) is 109 cm³/mol. The predicted octanol–water partition coefficient (Wildman–Crippen LogP) is 3.69. The van der Waals surface area contributed by atoms with Gasteiger partial charge in [0.2, 0.25) is 10.0 Å². The maximum atomic E-state index is 13.1. The molecular formula is C19H20FN5O2S2. The minimum Gasteiger partial charge on any atom is -0.315 e. The SMILES string of the molecule is Cc1cnc(Nc2cncc(C3CCN(S(=O)(=O)c4ccc(F)cc4)CC3)n2)s1. The number of hydrogen-bond acceptors (Lipinski definition) is 7. The van der Waals surface area contributed by atoms with E-state index in [1.807, 2.05) is 6.92 Å². The molecular weight excluding hydrogens is 413 g/mol. The summed E-state index contributed by atoms with van der Waals surface area (Å²) in [4.78, 5) is 14.4. The van der Waals surface area contributed by atoms with E-state index >= 15 is 0 Å². The lowest BCUT2D eigenvalue weighted by molar-refractivity contribution is 0.316. The number of anilines is 2. The van der Waals surface area contributed by atoms with Crippen LogP contribution in [0, 0.1) is 12.7 Å². The Balaban J connectivity index is 1.43. The number of rotatable bonds is 5. The fourth-order valence-electron chi connectivity index (χ4n) is 3.31. The van der Waals surface area contributed by atoms with Gasteiger partial charge in [0.1, 0.15) is 5.82 Å². The van der Waals surface area contributed by atoms with Crippen LogP contribution in [0.5, 0.6) is 0 Å². The summed E-state index contributed by atoms with van der Waals surface area (Å²) in [5.41, 5.74) is 0.835. The van der Waals surface area contributed by atoms with Crippen LogP contribution in [0.15, 0.2) is 47.8 Å². The van der Waals surface area contributed by atoms with Gasteiger partial charge in [0.25, 0.3) is 0 Å². The largest absolute Gasteiger partial charge is 0.315 e. The molecule has 0 amide bonds. The second-order valence-electron chi connectivity index (χ2n) is 6.86. The van der Waals surface area contributed by atoms with Crippen LogP contribution in [0.3, 0.4) is 0 Å². The molecule has 3 aromatic rings. The molecule has 0 unspecified atom stereocenters. The lowest BCUT2D eigenvalue weighted by Crippen LogP contribution is -2.38. The first-order valence-corrected chi connectivity index (χ1v) is 11.4. The molecule has 1 aromatic carbocycles. The molecule has 1 aliphatic rings. The van der Waals surface area contributed by atoms with Crippen LogP contribution >= 0.6 is 11.3 Å². The number of benzene rings is 1. The number of aryl methyl sites for hydroxylation is 1. The van der Waals surface area contributed by atoms with E-state index < -0.39 is 15.8 Å². The Bertz CT molecular complexity index is 1090. The van der Waals surface area contributed by atoms with E-state index in [9.17, 15) is 12.8 Å². The zero-order chi connectivity index (χ0) is 20.4. The number of halogens is 1. The molecule has 3 heterocycles. The molecule has 1 N–H and O–H groups in total. The monoisotopic (exact) mass is 433 g/mol. The number of thiazole rings is 1. The van der Waals surface area contributed by atoms with Gasteiger partial charge in [-0.25, -0.2) is 22.8 Å². The van der Waals surface area contributed by atoms with Crippen molar-refractivity contribution in [1.82, 2.24) is 19.3 Å². The highest BCUT2D eigenvalue weighted by molar-refractivity contribution is 7.89. The minimum atomic E-state index is -3.62. The molecule has 7 nitrogen and oxygen atoms in total. The van der Waals surface area contributed by atoms with Crippen molar-refractivity contribution in [2.45, 2.75) is 30.6 Å². The Kier molecular flexibility index (Phi) is 5.57. The van der Waals surface area contributed by atoms with Crippen molar-refractivity contribution in [1.29, 1.82) is 0 Å². The highest BCUT2D eigenvalue weighted by atomic mass is 32.2. The third-order valence-corrected chi connectivity index (χ3v) is 7.57. The molecule has 4 rings (SSSR count). The molecule has 1 saturated heterocycles. The molecule has 0 atom stereocenters. The molecule has 1 fully saturated rings. The van der Waals surface area contributed by atoms with E-state index in [0.29, 0.717) is 31.7 Å². The van der Waals surface area contributed by atoms with Crippen molar-refractivity contribution in [2.75, 3.05) is 18.4 Å². The third-order valence-electron chi connectivity index (χ3n) is 4.83. The topological polar surface area (TPSA) is 88.1 Å². The van der Waals surface area contributed by atoms with Crippen molar-refractivity contribution < 1.29 is 12.8 Å². The van der Waals surface area contributed by atoms with Crippen LogP contribution in [0.2, 0.25) is 0 Å². The summed E-state index contributed by atoms with van der Waals surface area (Å²) in [5, 5.41) is 3.92. The second kappa shape index (κ2) is 8.13. The number of piperidine rings is 1. The number of sulfonamides is 1. The van der Waals surface area contributed by atoms with Crippen molar-refractivity contribution in [3.05, 3.63) is 59.2 Å². The summed E-state index contributed by atoms with van der Waals surface area (Å²) >= 11 is 1.54. The van der Waals surface area contributed by atoms with Crippen LogP contribution in [0.1, 0.15) is 29.3 Å². The standard InChI is InChI=1S/C19H20FN5O2S2/c1-13-10-22-19(28-13)24-18-12-21-11-17(23-18)14-6-8-25(9-7-14)29(26,27)16-4-2-15(20)3-5-16/h2-5,10-12,14H,6-9H2,1H3,(H,22,23,24). The lowest BCUT2D eigenvalue weighted by atomic mass is 9.95. The quantitative estimate of drug-likeness (QED) is 0.660. The zero-order valence-corrected chi connectivity index (χ0v) is 17.4. The molecule has 0 saturated carbocycles. The van der Waals surface area contributed by atoms with Crippen molar-refractivity contribution in [3.63, 3.8) is 0 Å². The molecule has 0 bridgehead atoms. The van der Waals surface area contributed by atoms with E-state index in [1.54, 1.807) is 18.6 Å². The van der Waals surface area contributed by atoms with E-state index in [4.69, 9.17) is 0 Å². The van der Waals surface area contributed by atoms with Crippen LogP contribution in [0.25, 0.3) is 0 Å². The average Bonchev–Trinajstić information content (AvgIpc) is 3.13. The van der Waals surface area contributed by atoms with Gasteiger partial charge in [0, 0.05) is 36.3 Å². The Morgan fingerprint density at radius 1 is 1.14 bits per heavy atom. The Morgan fingerprint density at radius 3 is 2.52 bits per heavy atom. The zero-order valence-electron chi connectivity index (χ0n) is 15.7. The van der Waals surface area contributed by atoms with Gasteiger partial charge in [-0.1, -0.05) is 0 Å². The number of aromatic nitrogens is 3. The van der Waals surface area contributed by atoms with Gasteiger partial charge in [-0.3, -0.25) is 4.98 Å². The van der Waals surface area contributed by atoms with Crippen LogP contribution in [-0.2, 0) is 10.0 Å². The van der Waals surface area contributed by atoms with Gasteiger partial charge < -0.3 is 5.32 Å². The van der Waals surface area contributed by atoms with Crippen LogP contribution in [-0.4, -0.2) is 40.8 Å². The Labute approximate surface area is 172 Å². The van der Waals surface area contributed by atoms with Gasteiger partial charge in [-0.05, 0) is 44.0 Å². The summed E-state index contributed by atoms with van der Waals surface area (Å²) in [5.74, 6) is 0.294. The number of nitrogens with one attached hydrogen (secondary N) is 1. The summed E-state index contributed by atoms with van der Waals surface area (Å²) in [6.07, 6.45) is 6.47. The van der Waals surface area contributed by atoms with E-state index in [1.165, 1.54) is 27.8 Å². The first-order chi connectivity index (χ1) is 13.9. The smallest absolute Gasteiger partial charge is 0.243 e. The molecule has 29 heavy (non-hydrogen) atoms. The van der Waals surface area contributed by atoms with Gasteiger partial charge in [-0.2, -0.15) is 4.31 Å². The van der Waals surface area contributed by atoms with E-state index in [-0.39, 0.29) is 10.8 Å². The second-order valence-corrected chi connectivity index (χ2v) is 10.0. The van der Waals surface area contributed by atoms with Crippen LogP contribution < -0.4 is 5.32 Å². The molecule has 152 valence electrons. The summed E-state index contributed by atoms with van der Waals surface area (Å²) in [7, 11) is -3.62. The van der Waals surface area contributed by atoms with E-state index in [2.05, 4.69) is 20.3 Å². The van der Waals surface area contributed by atoms with Gasteiger partial charge in [0.05, 0.1) is 16.8 Å². The number of hydrogen-bond donors (Lipinski definition) is 1. The Morgan fingerprint density at radius 2 is 1.86 bits per heavy atom. The molecule has 0 spiro atoms. The van der Waals surface area contributed by atoms with Crippen molar-refractivity contribution >= 4 is 32.3 Å². The first kappa shape index (κ1) is 19.9. The van der Waals surface area contributed by atoms with Crippen molar-refractivity contribution in [2.24, 2.45) is 0 Å². The normalized spacial score (nSPS) is 16.1. The van der Waals surface area contributed by atoms with Crippen molar-refractivity contribution in [3.8, 4) is 0 Å². The lowest BCUT2D eigenvalue weighted by Gasteiger charge is -2.30. The maximum absolute atomic E-state index is 13.1. The van der Waals surface area contributed by atoms with Gasteiger partial charge in [-0.15, -0.1) is 11.3 Å². The number of nitrogens with zero attached hydrogens (tertiary/aromatic N) is 4. The third kappa shape index (κ3) is 4.44. The van der Waals surface area contributed by atoms with Gasteiger partial charge >= 0.3 is 0 Å². The fraction of sp³-hybridized carbons (Fsp3) is 0.316. The summed E-state index contributed by atoms with van der Waals surface area (Å²) in [6, 6.07) is 4.94. The minimum absolute atomic E-state index is 0.113. The molecule has 10 heteroatoms.